The average Bonchev–Trinajstić information content (AvgIpc) is 2.78. The summed E-state index contributed by atoms with van der Waals surface area (Å²) in [5.74, 6) is 0.775. The van der Waals surface area contributed by atoms with Gasteiger partial charge in [-0.1, -0.05) is 19.4 Å². The molecule has 3 heteroatoms. The monoisotopic (exact) mass is 268 g/mol. The third kappa shape index (κ3) is 7.14. The lowest BCUT2D eigenvalue weighted by Crippen LogP contribution is -2.26. The second-order valence-corrected chi connectivity index (χ2v) is 6.64. The molecule has 0 spiro atoms. The van der Waals surface area contributed by atoms with Crippen LogP contribution in [0.2, 0.25) is 0 Å². The lowest BCUT2D eigenvalue weighted by molar-refractivity contribution is 0.277. The molecule has 0 saturated carbocycles. The Kier molecular flexibility index (Phi) is 7.56. The molecule has 0 radical (unpaired) electrons. The number of thiophene rings is 1. The van der Waals surface area contributed by atoms with Crippen LogP contribution in [0.4, 0.5) is 0 Å². The standard InChI is InChI=1S/C15H28N2S/c1-13(6-4-7-14(2)16)12-17(3)10-9-15-8-5-11-18-15/h5,8,11,13-14H,4,6-7,9-10,12,16H2,1-3H3. The van der Waals surface area contributed by atoms with Crippen LogP contribution in [-0.2, 0) is 6.42 Å². The number of hydrogen-bond donors (Lipinski definition) is 1. The first-order valence-electron chi connectivity index (χ1n) is 7.04. The van der Waals surface area contributed by atoms with Gasteiger partial charge in [0.1, 0.15) is 0 Å². The van der Waals surface area contributed by atoms with Crippen LogP contribution in [0.15, 0.2) is 17.5 Å². The van der Waals surface area contributed by atoms with Crippen molar-refractivity contribution in [1.82, 2.24) is 4.90 Å². The molecular weight excluding hydrogens is 240 g/mol. The fourth-order valence-electron chi connectivity index (χ4n) is 2.26. The summed E-state index contributed by atoms with van der Waals surface area (Å²) in [6.07, 6.45) is 4.90. The van der Waals surface area contributed by atoms with E-state index in [1.807, 2.05) is 11.3 Å². The Balaban J connectivity index is 2.09. The van der Waals surface area contributed by atoms with Crippen molar-refractivity contribution in [1.29, 1.82) is 0 Å². The molecule has 104 valence electrons. The van der Waals surface area contributed by atoms with Crippen LogP contribution in [0.1, 0.15) is 38.0 Å². The molecule has 0 fully saturated rings. The number of nitrogens with zero attached hydrogens (tertiary/aromatic N) is 1. The minimum atomic E-state index is 0.355. The Morgan fingerprint density at radius 1 is 1.33 bits per heavy atom. The zero-order chi connectivity index (χ0) is 13.4. The molecule has 1 aromatic heterocycles. The highest BCUT2D eigenvalue weighted by Crippen LogP contribution is 2.12. The highest BCUT2D eigenvalue weighted by atomic mass is 32.1. The van der Waals surface area contributed by atoms with Crippen molar-refractivity contribution in [2.24, 2.45) is 11.7 Å². The maximum Gasteiger partial charge on any atom is 0.00579 e. The van der Waals surface area contributed by atoms with E-state index in [0.29, 0.717) is 6.04 Å². The van der Waals surface area contributed by atoms with Gasteiger partial charge in [-0.25, -0.2) is 0 Å². The normalized spacial score (nSPS) is 14.9. The van der Waals surface area contributed by atoms with E-state index >= 15 is 0 Å². The average molecular weight is 268 g/mol. The van der Waals surface area contributed by atoms with Crippen LogP contribution in [0.25, 0.3) is 0 Å². The van der Waals surface area contributed by atoms with E-state index in [0.717, 1.165) is 18.9 Å². The number of hydrogen-bond acceptors (Lipinski definition) is 3. The third-order valence-electron chi connectivity index (χ3n) is 3.30. The second kappa shape index (κ2) is 8.68. The first-order valence-corrected chi connectivity index (χ1v) is 7.92. The summed E-state index contributed by atoms with van der Waals surface area (Å²) in [6, 6.07) is 4.72. The molecule has 2 unspecified atom stereocenters. The van der Waals surface area contributed by atoms with E-state index in [9.17, 15) is 0 Å². The quantitative estimate of drug-likeness (QED) is 0.744. The molecule has 0 aromatic carbocycles. The molecule has 0 aliphatic carbocycles. The molecule has 0 amide bonds. The number of nitrogens with two attached hydrogens (primary N) is 1. The fourth-order valence-corrected chi connectivity index (χ4v) is 2.96. The maximum absolute atomic E-state index is 5.77. The molecule has 0 bridgehead atoms. The SMILES string of the molecule is CC(N)CCCC(C)CN(C)CCc1cccs1. The van der Waals surface area contributed by atoms with E-state index in [2.05, 4.69) is 43.3 Å². The van der Waals surface area contributed by atoms with Crippen molar-refractivity contribution in [3.8, 4) is 0 Å². The van der Waals surface area contributed by atoms with Crippen molar-refractivity contribution in [2.45, 2.75) is 45.6 Å². The molecule has 2 atom stereocenters. The molecule has 0 aliphatic rings. The topological polar surface area (TPSA) is 29.3 Å². The molecule has 2 nitrogen and oxygen atoms in total. The van der Waals surface area contributed by atoms with Crippen molar-refractivity contribution >= 4 is 11.3 Å². The molecule has 0 saturated heterocycles. The van der Waals surface area contributed by atoms with Crippen LogP contribution >= 0.6 is 11.3 Å². The van der Waals surface area contributed by atoms with Gasteiger partial charge >= 0.3 is 0 Å². The highest BCUT2D eigenvalue weighted by Gasteiger charge is 2.07. The predicted octanol–water partition coefficient (Wildman–Crippen LogP) is 3.38. The molecule has 2 N–H and O–H groups in total. The summed E-state index contributed by atoms with van der Waals surface area (Å²) in [6.45, 7) is 6.81. The summed E-state index contributed by atoms with van der Waals surface area (Å²) >= 11 is 1.86. The summed E-state index contributed by atoms with van der Waals surface area (Å²) in [4.78, 5) is 3.95. The van der Waals surface area contributed by atoms with Gasteiger partial charge in [0, 0.05) is 24.0 Å². The van der Waals surface area contributed by atoms with E-state index in [1.165, 1.54) is 30.7 Å². The van der Waals surface area contributed by atoms with Crippen LogP contribution in [-0.4, -0.2) is 31.1 Å². The lowest BCUT2D eigenvalue weighted by Gasteiger charge is -2.21. The van der Waals surface area contributed by atoms with Crippen LogP contribution in [0.3, 0.4) is 0 Å². The Morgan fingerprint density at radius 2 is 2.11 bits per heavy atom. The Labute approximate surface area is 116 Å². The molecule has 1 rings (SSSR count). The van der Waals surface area contributed by atoms with Gasteiger partial charge in [0.2, 0.25) is 0 Å². The summed E-state index contributed by atoms with van der Waals surface area (Å²) in [5, 5.41) is 2.16. The molecule has 0 aliphatic heterocycles. The third-order valence-corrected chi connectivity index (χ3v) is 4.24. The minimum absolute atomic E-state index is 0.355. The van der Waals surface area contributed by atoms with Gasteiger partial charge in [-0.3, -0.25) is 0 Å². The van der Waals surface area contributed by atoms with E-state index in [4.69, 9.17) is 5.73 Å². The van der Waals surface area contributed by atoms with Gasteiger partial charge < -0.3 is 10.6 Å². The van der Waals surface area contributed by atoms with Crippen molar-refractivity contribution < 1.29 is 0 Å². The van der Waals surface area contributed by atoms with Crippen molar-refractivity contribution in [3.05, 3.63) is 22.4 Å². The molecular formula is C15H28N2S. The highest BCUT2D eigenvalue weighted by molar-refractivity contribution is 7.09. The Bertz CT molecular complexity index is 295. The van der Waals surface area contributed by atoms with Gasteiger partial charge in [0.15, 0.2) is 0 Å². The summed E-state index contributed by atoms with van der Waals surface area (Å²) < 4.78 is 0. The van der Waals surface area contributed by atoms with E-state index in [1.54, 1.807) is 0 Å². The number of likely N-dealkylation sites (N-methyl/N-ethyl adjacent to an activating group) is 1. The molecule has 1 heterocycles. The smallest absolute Gasteiger partial charge is 0.00579 e. The zero-order valence-corrected chi connectivity index (χ0v) is 12.9. The van der Waals surface area contributed by atoms with Crippen LogP contribution < -0.4 is 5.73 Å². The molecule has 1 aromatic rings. The summed E-state index contributed by atoms with van der Waals surface area (Å²) in [7, 11) is 2.23. The van der Waals surface area contributed by atoms with E-state index < -0.39 is 0 Å². The first-order chi connectivity index (χ1) is 8.58. The second-order valence-electron chi connectivity index (χ2n) is 5.60. The fraction of sp³-hybridized carbons (Fsp3) is 0.733. The van der Waals surface area contributed by atoms with Crippen LogP contribution in [0, 0.1) is 5.92 Å². The van der Waals surface area contributed by atoms with Crippen LogP contribution in [0.5, 0.6) is 0 Å². The lowest BCUT2D eigenvalue weighted by atomic mass is 10.0. The zero-order valence-electron chi connectivity index (χ0n) is 12.1. The van der Waals surface area contributed by atoms with Gasteiger partial charge in [-0.05, 0) is 50.6 Å². The van der Waals surface area contributed by atoms with Crippen molar-refractivity contribution in [3.63, 3.8) is 0 Å². The largest absolute Gasteiger partial charge is 0.328 e. The number of rotatable bonds is 9. The summed E-state index contributed by atoms with van der Waals surface area (Å²) in [5.41, 5.74) is 5.77. The maximum atomic E-state index is 5.77. The molecule has 18 heavy (non-hydrogen) atoms. The minimum Gasteiger partial charge on any atom is -0.328 e. The Morgan fingerprint density at radius 3 is 2.72 bits per heavy atom. The van der Waals surface area contributed by atoms with Gasteiger partial charge in [-0.2, -0.15) is 0 Å². The van der Waals surface area contributed by atoms with Gasteiger partial charge in [0.05, 0.1) is 0 Å². The first kappa shape index (κ1) is 15.7. The van der Waals surface area contributed by atoms with Gasteiger partial charge in [0.25, 0.3) is 0 Å². The van der Waals surface area contributed by atoms with Gasteiger partial charge in [-0.15, -0.1) is 11.3 Å². The Hall–Kier alpha value is -0.380. The van der Waals surface area contributed by atoms with E-state index in [-0.39, 0.29) is 0 Å². The van der Waals surface area contributed by atoms with Crippen molar-refractivity contribution in [2.75, 3.05) is 20.1 Å². The predicted molar refractivity (Wildman–Crippen MR) is 82.2 cm³/mol.